The first-order valence-corrected chi connectivity index (χ1v) is 11.3. The summed E-state index contributed by atoms with van der Waals surface area (Å²) in [6.07, 6.45) is -5.67. The molecule has 3 aromatic carbocycles. The van der Waals surface area contributed by atoms with Crippen LogP contribution in [0.2, 0.25) is 0 Å². The molecule has 1 heterocycles. The summed E-state index contributed by atoms with van der Waals surface area (Å²) in [5.74, 6) is -1.29. The Bertz CT molecular complexity index is 1170. The van der Waals surface area contributed by atoms with Crippen molar-refractivity contribution in [3.8, 4) is 0 Å². The summed E-state index contributed by atoms with van der Waals surface area (Å²) in [7, 11) is 0. The highest BCUT2D eigenvalue weighted by Gasteiger charge is 2.31. The van der Waals surface area contributed by atoms with Crippen molar-refractivity contribution in [2.24, 2.45) is 0 Å². The topological polar surface area (TPSA) is 58.6 Å². The second-order valence-corrected chi connectivity index (χ2v) is 8.72. The van der Waals surface area contributed by atoms with Gasteiger partial charge >= 0.3 is 12.1 Å². The van der Waals surface area contributed by atoms with Crippen molar-refractivity contribution in [3.05, 3.63) is 78.4 Å². The summed E-state index contributed by atoms with van der Waals surface area (Å²) in [6, 6.07) is 20.0. The van der Waals surface area contributed by atoms with Crippen LogP contribution in [0, 0.1) is 0 Å². The van der Waals surface area contributed by atoms with Gasteiger partial charge in [-0.1, -0.05) is 42.1 Å². The number of halogens is 3. The van der Waals surface area contributed by atoms with Crippen LogP contribution in [0.25, 0.3) is 0 Å². The predicted molar refractivity (Wildman–Crippen MR) is 124 cm³/mol. The van der Waals surface area contributed by atoms with Gasteiger partial charge in [0.05, 0.1) is 23.4 Å². The molecule has 1 N–H and O–H groups in total. The molecule has 0 saturated carbocycles. The van der Waals surface area contributed by atoms with Crippen LogP contribution in [-0.2, 0) is 20.5 Å². The summed E-state index contributed by atoms with van der Waals surface area (Å²) in [5.41, 5.74) is 1.06. The fourth-order valence-corrected chi connectivity index (χ4v) is 4.65. The molecule has 176 valence electrons. The van der Waals surface area contributed by atoms with Gasteiger partial charge < -0.3 is 15.0 Å². The van der Waals surface area contributed by atoms with E-state index in [1.807, 2.05) is 53.4 Å². The number of benzene rings is 3. The highest BCUT2D eigenvalue weighted by Crippen LogP contribution is 2.47. The summed E-state index contributed by atoms with van der Waals surface area (Å²) in [5, 5.41) is 2.36. The number of alkyl halides is 3. The smallest absolute Gasteiger partial charge is 0.416 e. The molecule has 1 unspecified atom stereocenters. The normalized spacial score (nSPS) is 13.5. The number of hydrogen-bond acceptors (Lipinski definition) is 5. The second kappa shape index (κ2) is 9.80. The van der Waals surface area contributed by atoms with Crippen LogP contribution in [0.1, 0.15) is 18.9 Å². The number of amides is 1. The van der Waals surface area contributed by atoms with Gasteiger partial charge in [0.1, 0.15) is 0 Å². The van der Waals surface area contributed by atoms with Gasteiger partial charge in [0.25, 0.3) is 5.91 Å². The minimum Gasteiger partial charge on any atom is -0.452 e. The molecule has 0 fully saturated rings. The molecule has 5 nitrogen and oxygen atoms in total. The average molecular weight is 487 g/mol. The van der Waals surface area contributed by atoms with Gasteiger partial charge in [-0.2, -0.15) is 13.2 Å². The van der Waals surface area contributed by atoms with E-state index in [1.165, 1.54) is 19.1 Å². The molecular formula is C25H21F3N2O3S. The number of carbonyl (C=O) groups excluding carboxylic acids is 2. The minimum atomic E-state index is -4.52. The largest absolute Gasteiger partial charge is 0.452 e. The molecule has 0 saturated heterocycles. The molecule has 0 spiro atoms. The number of rotatable bonds is 6. The summed E-state index contributed by atoms with van der Waals surface area (Å²) >= 11 is 1.66. The molecule has 0 aromatic heterocycles. The lowest BCUT2D eigenvalue weighted by Gasteiger charge is -2.32. The maximum absolute atomic E-state index is 12.9. The molecule has 3 aromatic rings. The second-order valence-electron chi connectivity index (χ2n) is 7.64. The molecular weight excluding hydrogens is 465 g/mol. The van der Waals surface area contributed by atoms with Gasteiger partial charge in [0.15, 0.2) is 6.10 Å². The lowest BCUT2D eigenvalue weighted by Crippen LogP contribution is -2.31. The Hall–Kier alpha value is -3.46. The molecule has 0 aliphatic carbocycles. The number of hydrogen-bond donors (Lipinski definition) is 1. The lowest BCUT2D eigenvalue weighted by molar-refractivity contribution is -0.152. The standard InChI is InChI=1S/C25H21F3N2O3S/c1-16(24(32)29-18-8-6-7-17(15-18)25(26,27)28)33-23(31)13-14-30-19-9-2-4-11-21(19)34-22-12-5-3-10-20(22)30/h2-12,15-16H,13-14H2,1H3,(H,29,32). The Morgan fingerprint density at radius 3 is 2.21 bits per heavy atom. The molecule has 1 aliphatic rings. The van der Waals surface area contributed by atoms with E-state index < -0.39 is 29.7 Å². The Kier molecular flexibility index (Phi) is 6.83. The monoisotopic (exact) mass is 486 g/mol. The van der Waals surface area contributed by atoms with Gasteiger partial charge in [-0.25, -0.2) is 0 Å². The van der Waals surface area contributed by atoms with Crippen molar-refractivity contribution in [2.45, 2.75) is 35.4 Å². The third-order valence-corrected chi connectivity index (χ3v) is 6.34. The molecule has 0 bridgehead atoms. The van der Waals surface area contributed by atoms with E-state index in [1.54, 1.807) is 11.8 Å². The Morgan fingerprint density at radius 1 is 0.971 bits per heavy atom. The summed E-state index contributed by atoms with van der Waals surface area (Å²) < 4.78 is 43.9. The van der Waals surface area contributed by atoms with E-state index in [0.29, 0.717) is 6.54 Å². The maximum atomic E-state index is 12.9. The number of fused-ring (bicyclic) bond motifs is 2. The Balaban J connectivity index is 1.37. The predicted octanol–water partition coefficient (Wildman–Crippen LogP) is 6.27. The average Bonchev–Trinajstić information content (AvgIpc) is 2.81. The minimum absolute atomic E-state index is 0.0223. The van der Waals surface area contributed by atoms with Crippen molar-refractivity contribution >= 4 is 40.7 Å². The third kappa shape index (κ3) is 5.36. The van der Waals surface area contributed by atoms with Crippen molar-refractivity contribution < 1.29 is 27.5 Å². The van der Waals surface area contributed by atoms with Gasteiger partial charge in [-0.05, 0) is 49.4 Å². The zero-order chi connectivity index (χ0) is 24.3. The van der Waals surface area contributed by atoms with E-state index in [0.717, 1.165) is 33.3 Å². The first-order chi connectivity index (χ1) is 16.2. The molecule has 1 atom stereocenters. The van der Waals surface area contributed by atoms with Crippen LogP contribution in [-0.4, -0.2) is 24.5 Å². The summed E-state index contributed by atoms with van der Waals surface area (Å²) in [4.78, 5) is 29.0. The number of nitrogens with zero attached hydrogens (tertiary/aromatic N) is 1. The molecule has 1 aliphatic heterocycles. The molecule has 9 heteroatoms. The van der Waals surface area contributed by atoms with Crippen LogP contribution >= 0.6 is 11.8 Å². The van der Waals surface area contributed by atoms with Crippen LogP contribution in [0.3, 0.4) is 0 Å². The van der Waals surface area contributed by atoms with E-state index in [9.17, 15) is 22.8 Å². The van der Waals surface area contributed by atoms with Gasteiger partial charge in [-0.3, -0.25) is 9.59 Å². The zero-order valence-electron chi connectivity index (χ0n) is 18.1. The van der Waals surface area contributed by atoms with Crippen LogP contribution in [0.5, 0.6) is 0 Å². The molecule has 0 radical (unpaired) electrons. The van der Waals surface area contributed by atoms with Crippen LogP contribution in [0.4, 0.5) is 30.2 Å². The van der Waals surface area contributed by atoms with E-state index in [-0.39, 0.29) is 12.1 Å². The van der Waals surface area contributed by atoms with Crippen molar-refractivity contribution in [2.75, 3.05) is 16.8 Å². The number of esters is 1. The number of nitrogens with one attached hydrogen (secondary N) is 1. The number of carbonyl (C=O) groups is 2. The SMILES string of the molecule is CC(OC(=O)CCN1c2ccccc2Sc2ccccc21)C(=O)Nc1cccc(C(F)(F)F)c1. The zero-order valence-corrected chi connectivity index (χ0v) is 19.0. The Morgan fingerprint density at radius 2 is 1.59 bits per heavy atom. The summed E-state index contributed by atoms with van der Waals surface area (Å²) in [6.45, 7) is 1.72. The van der Waals surface area contributed by atoms with Crippen molar-refractivity contribution in [3.63, 3.8) is 0 Å². The van der Waals surface area contributed by atoms with Crippen LogP contribution < -0.4 is 10.2 Å². The van der Waals surface area contributed by atoms with E-state index in [2.05, 4.69) is 5.32 Å². The molecule has 4 rings (SSSR count). The number of anilines is 3. The van der Waals surface area contributed by atoms with Crippen molar-refractivity contribution in [1.82, 2.24) is 0 Å². The van der Waals surface area contributed by atoms with Crippen molar-refractivity contribution in [1.29, 1.82) is 0 Å². The quantitative estimate of drug-likeness (QED) is 0.416. The van der Waals surface area contributed by atoms with Crippen LogP contribution in [0.15, 0.2) is 82.6 Å². The Labute approximate surface area is 198 Å². The van der Waals surface area contributed by atoms with E-state index >= 15 is 0 Å². The first kappa shape index (κ1) is 23.7. The number of ether oxygens (including phenoxy) is 1. The lowest BCUT2D eigenvalue weighted by atomic mass is 10.2. The first-order valence-electron chi connectivity index (χ1n) is 10.5. The van der Waals surface area contributed by atoms with Gasteiger partial charge in [0, 0.05) is 22.0 Å². The maximum Gasteiger partial charge on any atom is 0.416 e. The number of para-hydroxylation sites is 2. The van der Waals surface area contributed by atoms with Gasteiger partial charge in [-0.15, -0.1) is 0 Å². The fraction of sp³-hybridized carbons (Fsp3) is 0.200. The molecule has 34 heavy (non-hydrogen) atoms. The fourth-order valence-electron chi connectivity index (χ4n) is 3.55. The molecule has 1 amide bonds. The van der Waals surface area contributed by atoms with Gasteiger partial charge in [0.2, 0.25) is 0 Å². The third-order valence-electron chi connectivity index (χ3n) is 5.21. The highest BCUT2D eigenvalue weighted by atomic mass is 32.2. The highest BCUT2D eigenvalue weighted by molar-refractivity contribution is 7.99. The van der Waals surface area contributed by atoms with E-state index in [4.69, 9.17) is 4.74 Å².